The fourth-order valence-corrected chi connectivity index (χ4v) is 5.74. The Hall–Kier alpha value is -2.95. The van der Waals surface area contributed by atoms with Gasteiger partial charge in [0.15, 0.2) is 0 Å². The number of aliphatic hydroxyl groups is 1. The summed E-state index contributed by atoms with van der Waals surface area (Å²) in [5.41, 5.74) is 3.16. The molecule has 7 nitrogen and oxygen atoms in total. The summed E-state index contributed by atoms with van der Waals surface area (Å²) in [5, 5.41) is 10.3. The maximum atomic E-state index is 13.8. The van der Waals surface area contributed by atoms with Gasteiger partial charge in [-0.3, -0.25) is 9.59 Å². The molecule has 1 heterocycles. The predicted octanol–water partition coefficient (Wildman–Crippen LogP) is 5.91. The fourth-order valence-electron chi connectivity index (χ4n) is 5.38. The third-order valence-corrected chi connectivity index (χ3v) is 8.16. The van der Waals surface area contributed by atoms with Crippen molar-refractivity contribution in [2.75, 3.05) is 36.0 Å². The number of carbonyl (C=O) groups is 2. The van der Waals surface area contributed by atoms with Gasteiger partial charge in [0.05, 0.1) is 6.04 Å². The van der Waals surface area contributed by atoms with E-state index < -0.39 is 6.10 Å². The number of ether oxygens (including phenoxy) is 1. The second-order valence-corrected chi connectivity index (χ2v) is 11.4. The van der Waals surface area contributed by atoms with Crippen LogP contribution in [0.25, 0.3) is 0 Å². The minimum absolute atomic E-state index is 0.0363. The van der Waals surface area contributed by atoms with Crippen LogP contribution in [0, 0.1) is 3.57 Å². The lowest BCUT2D eigenvalue weighted by molar-refractivity contribution is -0.117. The van der Waals surface area contributed by atoms with Crippen LogP contribution < -0.4 is 14.5 Å². The lowest BCUT2D eigenvalue weighted by Gasteiger charge is -2.43. The number of amides is 2. The fraction of sp³-hybridized carbons (Fsp3) is 0.375. The zero-order valence-electron chi connectivity index (χ0n) is 23.6. The number of anilines is 2. The monoisotopic (exact) mass is 655 g/mol. The summed E-state index contributed by atoms with van der Waals surface area (Å²) in [7, 11) is 0. The molecule has 3 atom stereocenters. The summed E-state index contributed by atoms with van der Waals surface area (Å²) in [6, 6.07) is 22.5. The van der Waals surface area contributed by atoms with Crippen molar-refractivity contribution in [1.82, 2.24) is 4.90 Å². The molecule has 1 N–H and O–H groups in total. The van der Waals surface area contributed by atoms with Gasteiger partial charge >= 0.3 is 0 Å². The average Bonchev–Trinajstić information content (AvgIpc) is 2.95. The second-order valence-electron chi connectivity index (χ2n) is 10.2. The van der Waals surface area contributed by atoms with Crippen LogP contribution in [-0.2, 0) is 4.79 Å². The third kappa shape index (κ3) is 6.85. The second kappa shape index (κ2) is 13.6. The van der Waals surface area contributed by atoms with Crippen LogP contribution in [0.15, 0.2) is 72.8 Å². The Morgan fingerprint density at radius 3 is 2.30 bits per heavy atom. The Morgan fingerprint density at radius 2 is 1.68 bits per heavy atom. The Kier molecular flexibility index (Phi) is 10.2. The van der Waals surface area contributed by atoms with Gasteiger partial charge in [-0.2, -0.15) is 0 Å². The lowest BCUT2D eigenvalue weighted by Crippen LogP contribution is -2.47. The molecule has 2 amide bonds. The Bertz CT molecular complexity index is 1290. The van der Waals surface area contributed by atoms with Gasteiger partial charge in [-0.25, -0.2) is 0 Å². The molecule has 0 aromatic heterocycles. The van der Waals surface area contributed by atoms with E-state index in [0.29, 0.717) is 24.3 Å². The SMILES string of the molecule is CCN(CC)CC(O)COc1ccc(C(=O)N2c3ccccc3[C@H](N(C(C)=O)c3ccc(I)cc3)C[C@@H]2C)cc1. The molecule has 0 bridgehead atoms. The van der Waals surface area contributed by atoms with Crippen molar-refractivity contribution in [3.63, 3.8) is 0 Å². The molecule has 1 aliphatic heterocycles. The first kappa shape index (κ1) is 30.0. The number of likely N-dealkylation sites (N-methyl/N-ethyl adjacent to an activating group) is 1. The van der Waals surface area contributed by atoms with Gasteiger partial charge in [-0.15, -0.1) is 0 Å². The highest BCUT2D eigenvalue weighted by Crippen LogP contribution is 2.42. The highest BCUT2D eigenvalue weighted by molar-refractivity contribution is 14.1. The average molecular weight is 656 g/mol. The summed E-state index contributed by atoms with van der Waals surface area (Å²) in [6.45, 7) is 10.3. The minimum Gasteiger partial charge on any atom is -0.491 e. The Morgan fingerprint density at radius 1 is 1.02 bits per heavy atom. The van der Waals surface area contributed by atoms with Gasteiger partial charge < -0.3 is 24.5 Å². The van der Waals surface area contributed by atoms with Crippen LogP contribution in [0.3, 0.4) is 0 Å². The van der Waals surface area contributed by atoms with Gasteiger partial charge in [0.1, 0.15) is 18.5 Å². The molecule has 0 fully saturated rings. The molecule has 0 aliphatic carbocycles. The molecule has 0 radical (unpaired) electrons. The standard InChI is InChI=1S/C32H38IN3O4/c1-5-34(6-2)20-27(38)21-40-28-17-11-24(12-18-28)32(39)35-22(3)19-31(29-9-7-8-10-30(29)35)36(23(4)37)26-15-13-25(33)14-16-26/h7-18,22,27,31,38H,5-6,19-21H2,1-4H3/t22-,27?,31+/m0/s1. The molecule has 40 heavy (non-hydrogen) atoms. The number of rotatable bonds is 10. The van der Waals surface area contributed by atoms with E-state index in [0.717, 1.165) is 33.6 Å². The van der Waals surface area contributed by atoms with Crippen molar-refractivity contribution in [2.45, 2.75) is 52.3 Å². The van der Waals surface area contributed by atoms with E-state index in [1.807, 2.05) is 65.3 Å². The van der Waals surface area contributed by atoms with Gasteiger partial charge in [0, 0.05) is 40.0 Å². The first-order chi connectivity index (χ1) is 19.2. The maximum absolute atomic E-state index is 13.8. The van der Waals surface area contributed by atoms with E-state index in [1.165, 1.54) is 0 Å². The molecule has 1 unspecified atom stereocenters. The smallest absolute Gasteiger partial charge is 0.258 e. The van der Waals surface area contributed by atoms with Crippen LogP contribution in [0.1, 0.15) is 56.1 Å². The van der Waals surface area contributed by atoms with Gasteiger partial charge in [0.2, 0.25) is 5.91 Å². The van der Waals surface area contributed by atoms with Gasteiger partial charge in [-0.1, -0.05) is 32.0 Å². The van der Waals surface area contributed by atoms with Crippen LogP contribution in [0.2, 0.25) is 0 Å². The van der Waals surface area contributed by atoms with Crippen LogP contribution in [0.4, 0.5) is 11.4 Å². The zero-order chi connectivity index (χ0) is 28.8. The maximum Gasteiger partial charge on any atom is 0.258 e. The zero-order valence-corrected chi connectivity index (χ0v) is 25.7. The number of hydrogen-bond donors (Lipinski definition) is 1. The molecule has 1 aliphatic rings. The summed E-state index contributed by atoms with van der Waals surface area (Å²) in [6.07, 6.45) is 0.0221. The molecule has 0 saturated carbocycles. The number of carbonyl (C=O) groups excluding carboxylic acids is 2. The largest absolute Gasteiger partial charge is 0.491 e. The molecular formula is C32H38IN3O4. The molecule has 0 saturated heterocycles. The van der Waals surface area contributed by atoms with Crippen LogP contribution in [-0.4, -0.2) is 60.2 Å². The Labute approximate surface area is 250 Å². The van der Waals surface area contributed by atoms with Crippen LogP contribution >= 0.6 is 22.6 Å². The first-order valence-corrected chi connectivity index (χ1v) is 14.9. The van der Waals surface area contributed by atoms with E-state index >= 15 is 0 Å². The molecule has 8 heteroatoms. The van der Waals surface area contributed by atoms with Crippen molar-refractivity contribution in [3.8, 4) is 5.75 Å². The van der Waals surface area contributed by atoms with E-state index in [9.17, 15) is 14.7 Å². The van der Waals surface area contributed by atoms with Gasteiger partial charge in [0.25, 0.3) is 5.91 Å². The normalized spacial score (nSPS) is 17.3. The highest BCUT2D eigenvalue weighted by Gasteiger charge is 2.38. The number of halogens is 1. The Balaban J connectivity index is 1.53. The van der Waals surface area contributed by atoms with Gasteiger partial charge in [-0.05, 0) is 109 Å². The lowest BCUT2D eigenvalue weighted by atomic mass is 9.89. The van der Waals surface area contributed by atoms with Crippen molar-refractivity contribution < 1.29 is 19.4 Å². The summed E-state index contributed by atoms with van der Waals surface area (Å²) in [4.78, 5) is 32.5. The topological polar surface area (TPSA) is 73.3 Å². The number of aliphatic hydroxyl groups excluding tert-OH is 1. The number of hydrogen-bond acceptors (Lipinski definition) is 5. The molecule has 0 spiro atoms. The van der Waals surface area contributed by atoms with Crippen molar-refractivity contribution in [3.05, 3.63) is 87.5 Å². The summed E-state index contributed by atoms with van der Waals surface area (Å²) in [5.74, 6) is 0.470. The first-order valence-electron chi connectivity index (χ1n) is 13.8. The third-order valence-electron chi connectivity index (χ3n) is 7.44. The summed E-state index contributed by atoms with van der Waals surface area (Å²) < 4.78 is 6.89. The number of benzene rings is 3. The van der Waals surface area contributed by atoms with E-state index in [-0.39, 0.29) is 30.5 Å². The quantitative estimate of drug-likeness (QED) is 0.276. The molecule has 3 aromatic carbocycles. The van der Waals surface area contributed by atoms with Crippen molar-refractivity contribution >= 4 is 45.8 Å². The van der Waals surface area contributed by atoms with E-state index in [2.05, 4.69) is 41.3 Å². The van der Waals surface area contributed by atoms with E-state index in [1.54, 1.807) is 31.2 Å². The van der Waals surface area contributed by atoms with Crippen molar-refractivity contribution in [2.24, 2.45) is 0 Å². The van der Waals surface area contributed by atoms with Crippen molar-refractivity contribution in [1.29, 1.82) is 0 Å². The minimum atomic E-state index is -0.589. The molecule has 4 rings (SSSR count). The number of nitrogens with zero attached hydrogens (tertiary/aromatic N) is 3. The molecular weight excluding hydrogens is 617 g/mol. The number of fused-ring (bicyclic) bond motifs is 1. The highest BCUT2D eigenvalue weighted by atomic mass is 127. The van der Waals surface area contributed by atoms with E-state index in [4.69, 9.17) is 4.74 Å². The summed E-state index contributed by atoms with van der Waals surface area (Å²) >= 11 is 2.26. The van der Waals surface area contributed by atoms with Crippen LogP contribution in [0.5, 0.6) is 5.75 Å². The predicted molar refractivity (Wildman–Crippen MR) is 168 cm³/mol. The molecule has 212 valence electrons. The molecule has 3 aromatic rings. The number of para-hydroxylation sites is 1.